The maximum Gasteiger partial charge on any atom is 0.229 e. The first-order valence-electron chi connectivity index (χ1n) is 22.4. The van der Waals surface area contributed by atoms with Crippen molar-refractivity contribution in [3.05, 3.63) is 117 Å². The van der Waals surface area contributed by atoms with Crippen LogP contribution in [0.1, 0.15) is 77.6 Å². The van der Waals surface area contributed by atoms with Gasteiger partial charge in [0.2, 0.25) is 18.3 Å². The number of carbonyl (C=O) groups is 1. The molecular weight excluding hydrogens is 988 g/mol. The summed E-state index contributed by atoms with van der Waals surface area (Å²) in [5.41, 5.74) is 5.17. The molecule has 6 aromatic rings. The van der Waals surface area contributed by atoms with Crippen molar-refractivity contribution in [2.75, 3.05) is 42.5 Å². The summed E-state index contributed by atoms with van der Waals surface area (Å²) in [4.78, 5) is 28.9. The van der Waals surface area contributed by atoms with Gasteiger partial charge in [-0.25, -0.2) is 26.8 Å². The highest BCUT2D eigenvalue weighted by Gasteiger charge is 2.27. The molecule has 4 aromatic carbocycles. The zero-order chi connectivity index (χ0) is 52.6. The number of ether oxygens (including phenoxy) is 2. The third kappa shape index (κ3) is 13.0. The van der Waals surface area contributed by atoms with E-state index in [9.17, 15) is 21.6 Å². The number of rotatable bonds is 19. The van der Waals surface area contributed by atoms with E-state index >= 15 is 0 Å². The van der Waals surface area contributed by atoms with E-state index in [1.807, 2.05) is 59.0 Å². The Morgan fingerprint density at radius 1 is 0.592 bits per heavy atom. The molecule has 17 nitrogen and oxygen atoms in total. The lowest BCUT2D eigenvalue weighted by molar-refractivity contribution is -0.111. The fourth-order valence-corrected chi connectivity index (χ4v) is 9.97. The third-order valence-electron chi connectivity index (χ3n) is 11.6. The quantitative estimate of drug-likeness (QED) is 0.0415. The monoisotopic (exact) mass is 1050 g/mol. The zero-order valence-electron chi connectivity index (χ0n) is 42.0. The number of para-hydroxylation sites is 2. The fraction of sp³-hybridized carbons (Fsp3) is 0.340. The number of sulfone groups is 2. The molecule has 2 heterocycles. The molecule has 2 aromatic heterocycles. The Bertz CT molecular complexity index is 3120. The van der Waals surface area contributed by atoms with Crippen molar-refractivity contribution >= 4 is 95.6 Å². The van der Waals surface area contributed by atoms with Crippen molar-refractivity contribution in [1.29, 1.82) is 0 Å². The second kappa shape index (κ2) is 22.9. The summed E-state index contributed by atoms with van der Waals surface area (Å²) in [5, 5.41) is 17.9. The molecule has 71 heavy (non-hydrogen) atoms. The van der Waals surface area contributed by atoms with Crippen molar-refractivity contribution in [2.24, 2.45) is 0 Å². The molecule has 1 amide bonds. The van der Waals surface area contributed by atoms with Crippen molar-refractivity contribution in [2.45, 2.75) is 101 Å². The Kier molecular flexibility index (Phi) is 17.9. The van der Waals surface area contributed by atoms with Crippen molar-refractivity contribution in [3.63, 3.8) is 0 Å². The zero-order valence-corrected chi connectivity index (χ0v) is 45.2. The lowest BCUT2D eigenvalue weighted by Gasteiger charge is -2.28. The summed E-state index contributed by atoms with van der Waals surface area (Å²) >= 11 is 12.7. The Balaban J connectivity index is 0.000000264. The van der Waals surface area contributed by atoms with Crippen molar-refractivity contribution in [1.82, 2.24) is 30.6 Å². The second-order valence-electron chi connectivity index (χ2n) is 18.0. The highest BCUT2D eigenvalue weighted by molar-refractivity contribution is 7.92. The SMILES string of the molecule is CNC(C)(C)c1cc(OC)c(Nc2ncc(Cl)c(Nc3ccccc3S(=O)(=O)C(C)C)n2)cc1C.COc1cc(C(C)(C)NC=O)c(C)cc1Nc1ncc(Cl)c(Nc2ccccc2S(=O)(=O)C(C)C)n1. The van der Waals surface area contributed by atoms with E-state index in [1.165, 1.54) is 12.4 Å². The summed E-state index contributed by atoms with van der Waals surface area (Å²) in [6, 6.07) is 20.9. The van der Waals surface area contributed by atoms with Gasteiger partial charge in [-0.3, -0.25) is 4.79 Å². The van der Waals surface area contributed by atoms with Gasteiger partial charge < -0.3 is 41.4 Å². The molecule has 0 atom stereocenters. The van der Waals surface area contributed by atoms with Gasteiger partial charge in [0.15, 0.2) is 31.3 Å². The lowest BCUT2D eigenvalue weighted by Crippen LogP contribution is -2.36. The van der Waals surface area contributed by atoms with Gasteiger partial charge >= 0.3 is 0 Å². The van der Waals surface area contributed by atoms with Gasteiger partial charge in [-0.1, -0.05) is 47.5 Å². The first-order valence-corrected chi connectivity index (χ1v) is 26.2. The van der Waals surface area contributed by atoms with E-state index in [0.717, 1.165) is 22.3 Å². The third-order valence-corrected chi connectivity index (χ3v) is 16.6. The normalized spacial score (nSPS) is 11.9. The van der Waals surface area contributed by atoms with Crippen LogP contribution in [0.25, 0.3) is 0 Å². The molecule has 0 saturated heterocycles. The van der Waals surface area contributed by atoms with Crippen LogP contribution in [0.15, 0.2) is 95.0 Å². The number of carbonyl (C=O) groups excluding carboxylic acids is 1. The number of hydrogen-bond acceptors (Lipinski definition) is 16. The number of aromatic nitrogens is 4. The second-order valence-corrected chi connectivity index (χ2v) is 23.7. The smallest absolute Gasteiger partial charge is 0.229 e. The van der Waals surface area contributed by atoms with Gasteiger partial charge in [-0.15, -0.1) is 0 Å². The molecule has 21 heteroatoms. The Morgan fingerprint density at radius 2 is 0.972 bits per heavy atom. The summed E-state index contributed by atoms with van der Waals surface area (Å²) in [6.07, 6.45) is 3.54. The number of methoxy groups -OCH3 is 2. The van der Waals surface area contributed by atoms with Crippen LogP contribution < -0.4 is 41.4 Å². The minimum atomic E-state index is -3.54. The van der Waals surface area contributed by atoms with E-state index in [-0.39, 0.29) is 48.9 Å². The van der Waals surface area contributed by atoms with Gasteiger partial charge in [0, 0.05) is 5.54 Å². The molecule has 6 N–H and O–H groups in total. The van der Waals surface area contributed by atoms with Gasteiger partial charge in [0.05, 0.1) is 75.2 Å². The topological polar surface area (TPSA) is 228 Å². The number of halogens is 2. The van der Waals surface area contributed by atoms with E-state index in [2.05, 4.69) is 65.7 Å². The highest BCUT2D eigenvalue weighted by Crippen LogP contribution is 2.38. The summed E-state index contributed by atoms with van der Waals surface area (Å²) in [6.45, 7) is 18.5. The maximum atomic E-state index is 12.8. The number of hydrogen-bond donors (Lipinski definition) is 6. The van der Waals surface area contributed by atoms with Crippen LogP contribution in [-0.4, -0.2) is 74.9 Å². The standard InChI is InChI=1S/C25H30ClN5O4S.C25H32ClN5O3S/c1-15(2)36(33,34)22-10-8-7-9-19(22)29-23-18(26)13-27-24(31-23)30-20-11-16(3)17(12-21(20)35-6)25(4,5)28-14-32;1-15(2)35(32,33)22-11-9-8-10-19(22)29-23-18(26)14-28-24(31-23)30-20-12-16(3)17(13-21(20)34-7)25(4,5)27-6/h7-15H,1-6H3,(H,28,32)(H2,27,29,30,31);8-15,27H,1-7H3,(H2,28,29,30,31). The number of nitrogens with one attached hydrogen (secondary N) is 6. The lowest BCUT2D eigenvalue weighted by atomic mass is 9.90. The molecule has 0 aliphatic rings. The first-order chi connectivity index (χ1) is 33.3. The molecule has 0 aliphatic carbocycles. The molecule has 6 rings (SSSR count). The van der Waals surface area contributed by atoms with Crippen LogP contribution >= 0.6 is 23.2 Å². The van der Waals surface area contributed by atoms with Crippen LogP contribution in [0.5, 0.6) is 11.5 Å². The number of aryl methyl sites for hydroxylation is 2. The Morgan fingerprint density at radius 3 is 1.32 bits per heavy atom. The average molecular weight is 1050 g/mol. The van der Waals surface area contributed by atoms with Crippen LogP contribution in [0.3, 0.4) is 0 Å². The van der Waals surface area contributed by atoms with E-state index in [1.54, 1.807) is 90.4 Å². The predicted molar refractivity (Wildman–Crippen MR) is 285 cm³/mol. The number of nitrogens with zero attached hydrogens (tertiary/aromatic N) is 4. The summed E-state index contributed by atoms with van der Waals surface area (Å²) < 4.78 is 62.5. The molecule has 0 radical (unpaired) electrons. The van der Waals surface area contributed by atoms with E-state index < -0.39 is 35.7 Å². The first kappa shape index (κ1) is 55.7. The number of benzene rings is 4. The van der Waals surface area contributed by atoms with Crippen LogP contribution in [-0.2, 0) is 35.5 Å². The van der Waals surface area contributed by atoms with Crippen molar-refractivity contribution in [3.8, 4) is 11.5 Å². The minimum absolute atomic E-state index is 0.156. The van der Waals surface area contributed by atoms with Gasteiger partial charge in [-0.2, -0.15) is 9.97 Å². The molecule has 0 aliphatic heterocycles. The molecule has 0 saturated carbocycles. The average Bonchev–Trinajstić information content (AvgIpc) is 3.31. The van der Waals surface area contributed by atoms with E-state index in [0.29, 0.717) is 40.7 Å². The van der Waals surface area contributed by atoms with Crippen LogP contribution in [0.2, 0.25) is 10.0 Å². The summed E-state index contributed by atoms with van der Waals surface area (Å²) in [5.74, 6) is 2.18. The van der Waals surface area contributed by atoms with Gasteiger partial charge in [-0.05, 0) is 147 Å². The van der Waals surface area contributed by atoms with Crippen molar-refractivity contribution < 1.29 is 31.1 Å². The molecular formula is C50H62Cl2N10O7S2. The molecule has 0 bridgehead atoms. The van der Waals surface area contributed by atoms with Crippen LogP contribution in [0.4, 0.5) is 46.3 Å². The molecule has 0 spiro atoms. The molecule has 0 fully saturated rings. The molecule has 0 unspecified atom stereocenters. The number of anilines is 8. The fourth-order valence-electron chi connectivity index (χ4n) is 7.29. The maximum absolute atomic E-state index is 12.8. The van der Waals surface area contributed by atoms with E-state index in [4.69, 9.17) is 32.7 Å². The minimum Gasteiger partial charge on any atom is -0.495 e. The largest absolute Gasteiger partial charge is 0.495 e. The predicted octanol–water partition coefficient (Wildman–Crippen LogP) is 10.7. The Hall–Kier alpha value is -6.25. The van der Waals surface area contributed by atoms with Gasteiger partial charge in [0.25, 0.3) is 0 Å². The highest BCUT2D eigenvalue weighted by atomic mass is 35.5. The van der Waals surface area contributed by atoms with Gasteiger partial charge in [0.1, 0.15) is 21.5 Å². The Labute approximate surface area is 427 Å². The molecule has 380 valence electrons. The number of amides is 1. The van der Waals surface area contributed by atoms with Crippen LogP contribution in [0, 0.1) is 13.8 Å². The summed E-state index contributed by atoms with van der Waals surface area (Å²) in [7, 11) is -2.00.